The second-order valence-corrected chi connectivity index (χ2v) is 7.20. The summed E-state index contributed by atoms with van der Waals surface area (Å²) < 4.78 is 0. The van der Waals surface area contributed by atoms with Crippen molar-refractivity contribution >= 4 is 17.3 Å². The van der Waals surface area contributed by atoms with Crippen molar-refractivity contribution in [3.8, 4) is 0 Å². The minimum absolute atomic E-state index is 0.0254. The molecule has 0 amide bonds. The van der Waals surface area contributed by atoms with Gasteiger partial charge in [0, 0.05) is 47.8 Å². The van der Waals surface area contributed by atoms with Gasteiger partial charge in [0.15, 0.2) is 17.3 Å². The number of aliphatic hydroxyl groups is 1. The highest BCUT2D eigenvalue weighted by molar-refractivity contribution is 6.24. The van der Waals surface area contributed by atoms with Crippen molar-refractivity contribution in [2.45, 2.75) is 65.5 Å². The molecule has 1 heterocycles. The summed E-state index contributed by atoms with van der Waals surface area (Å²) in [6.45, 7) is 9.53. The number of likely N-dealkylation sites (tertiary alicyclic amines) is 1. The molecule has 0 aromatic heterocycles. The van der Waals surface area contributed by atoms with Gasteiger partial charge >= 0.3 is 0 Å². The summed E-state index contributed by atoms with van der Waals surface area (Å²) in [7, 11) is 0. The van der Waals surface area contributed by atoms with Crippen LogP contribution in [0.1, 0.15) is 53.9 Å². The Labute approximate surface area is 143 Å². The Morgan fingerprint density at radius 2 is 1.67 bits per heavy atom. The zero-order chi connectivity index (χ0) is 18.2. The van der Waals surface area contributed by atoms with Crippen LogP contribution < -0.4 is 0 Å². The first kappa shape index (κ1) is 18.7. The van der Waals surface area contributed by atoms with Crippen molar-refractivity contribution in [1.82, 2.24) is 4.90 Å². The lowest BCUT2D eigenvalue weighted by Gasteiger charge is -2.40. The van der Waals surface area contributed by atoms with E-state index >= 15 is 0 Å². The number of hydrogen-bond donors (Lipinski definition) is 1. The molecule has 1 saturated heterocycles. The molecular weight excluding hydrogens is 306 g/mol. The molecule has 2 atom stereocenters. The van der Waals surface area contributed by atoms with Gasteiger partial charge in [-0.25, -0.2) is 0 Å². The van der Waals surface area contributed by atoms with Crippen molar-refractivity contribution in [3.05, 3.63) is 22.3 Å². The molecule has 1 aliphatic carbocycles. The Bertz CT molecular complexity index is 654. The zero-order valence-electron chi connectivity index (χ0n) is 15.2. The summed E-state index contributed by atoms with van der Waals surface area (Å²) in [5.41, 5.74) is 0.818. The van der Waals surface area contributed by atoms with E-state index in [1.807, 2.05) is 6.92 Å². The highest BCUT2D eigenvalue weighted by Crippen LogP contribution is 2.30. The maximum atomic E-state index is 12.6. The maximum Gasteiger partial charge on any atom is 0.185 e. The van der Waals surface area contributed by atoms with Gasteiger partial charge in [0.2, 0.25) is 0 Å². The first-order valence-corrected chi connectivity index (χ1v) is 8.56. The van der Waals surface area contributed by atoms with Gasteiger partial charge in [0.25, 0.3) is 0 Å². The first-order valence-electron chi connectivity index (χ1n) is 8.56. The van der Waals surface area contributed by atoms with Gasteiger partial charge < -0.3 is 5.11 Å². The normalized spacial score (nSPS) is 28.0. The summed E-state index contributed by atoms with van der Waals surface area (Å²) in [5.74, 6) is -0.247. The van der Waals surface area contributed by atoms with E-state index in [2.05, 4.69) is 4.90 Å². The number of piperidine rings is 1. The molecule has 1 fully saturated rings. The number of carbonyl (C=O) groups is 3. The van der Waals surface area contributed by atoms with E-state index < -0.39 is 5.60 Å². The fourth-order valence-electron chi connectivity index (χ4n) is 3.56. The topological polar surface area (TPSA) is 74.7 Å². The van der Waals surface area contributed by atoms with Gasteiger partial charge in [0.05, 0.1) is 0 Å². The van der Waals surface area contributed by atoms with Crippen LogP contribution in [0, 0.1) is 0 Å². The molecule has 2 aliphatic rings. The Morgan fingerprint density at radius 3 is 2.21 bits per heavy atom. The fraction of sp³-hybridized carbons (Fsp3) is 0.632. The van der Waals surface area contributed by atoms with E-state index in [-0.39, 0.29) is 29.9 Å². The van der Waals surface area contributed by atoms with Gasteiger partial charge in [0.1, 0.15) is 5.60 Å². The number of ketones is 3. The van der Waals surface area contributed by atoms with E-state index in [4.69, 9.17) is 0 Å². The summed E-state index contributed by atoms with van der Waals surface area (Å²) in [5, 5.41) is 10.3. The third-order valence-corrected chi connectivity index (χ3v) is 5.48. The van der Waals surface area contributed by atoms with E-state index in [1.54, 1.807) is 27.7 Å². The molecule has 132 valence electrons. The van der Waals surface area contributed by atoms with Gasteiger partial charge in [-0.2, -0.15) is 0 Å². The van der Waals surface area contributed by atoms with Crippen LogP contribution in [0.15, 0.2) is 22.3 Å². The van der Waals surface area contributed by atoms with E-state index in [0.29, 0.717) is 41.7 Å². The number of rotatable bonds is 4. The summed E-state index contributed by atoms with van der Waals surface area (Å²) >= 11 is 0. The van der Waals surface area contributed by atoms with Crippen molar-refractivity contribution < 1.29 is 19.5 Å². The number of nitrogens with zero attached hydrogens (tertiary/aromatic N) is 1. The van der Waals surface area contributed by atoms with Crippen LogP contribution in [0.5, 0.6) is 0 Å². The Kier molecular flexibility index (Phi) is 5.25. The number of allylic oxidation sites excluding steroid dienone is 3. The molecule has 1 N–H and O–H groups in total. The molecular formula is C19H27NO4. The molecule has 2 unspecified atom stereocenters. The second kappa shape index (κ2) is 6.73. The lowest BCUT2D eigenvalue weighted by Crippen LogP contribution is -2.55. The molecule has 24 heavy (non-hydrogen) atoms. The van der Waals surface area contributed by atoms with Crippen LogP contribution >= 0.6 is 0 Å². The van der Waals surface area contributed by atoms with Gasteiger partial charge in [-0.05, 0) is 40.5 Å². The zero-order valence-corrected chi connectivity index (χ0v) is 15.2. The van der Waals surface area contributed by atoms with Crippen LogP contribution in [0.4, 0.5) is 0 Å². The second-order valence-electron chi connectivity index (χ2n) is 7.20. The van der Waals surface area contributed by atoms with Crippen LogP contribution in [0.2, 0.25) is 0 Å². The highest BCUT2D eigenvalue weighted by Gasteiger charge is 2.39. The van der Waals surface area contributed by atoms with Crippen LogP contribution in [-0.4, -0.2) is 52.1 Å². The van der Waals surface area contributed by atoms with Crippen molar-refractivity contribution in [1.29, 1.82) is 0 Å². The van der Waals surface area contributed by atoms with Gasteiger partial charge in [-0.3, -0.25) is 19.3 Å². The minimum atomic E-state index is -1.34. The SMILES string of the molecule is CCC(CC1=C(C)C(=O)C(C)=C(C)C1=O)N1CCC(=O)C(C)(O)C1. The molecule has 0 spiro atoms. The first-order chi connectivity index (χ1) is 11.1. The van der Waals surface area contributed by atoms with Crippen molar-refractivity contribution in [2.24, 2.45) is 0 Å². The predicted molar refractivity (Wildman–Crippen MR) is 91.6 cm³/mol. The molecule has 5 nitrogen and oxygen atoms in total. The molecule has 2 rings (SSSR count). The summed E-state index contributed by atoms with van der Waals surface area (Å²) in [6, 6.07) is 0.0254. The molecule has 0 bridgehead atoms. The molecule has 0 aromatic rings. The van der Waals surface area contributed by atoms with Crippen LogP contribution in [-0.2, 0) is 14.4 Å². The molecule has 0 saturated carbocycles. The summed E-state index contributed by atoms with van der Waals surface area (Å²) in [6.07, 6.45) is 1.57. The largest absolute Gasteiger partial charge is 0.381 e. The Balaban J connectivity index is 2.23. The monoisotopic (exact) mass is 333 g/mol. The predicted octanol–water partition coefficient (Wildman–Crippen LogP) is 1.99. The molecule has 1 aliphatic heterocycles. The third-order valence-electron chi connectivity index (χ3n) is 5.48. The number of carbonyl (C=O) groups excluding carboxylic acids is 3. The third kappa shape index (κ3) is 3.28. The van der Waals surface area contributed by atoms with Crippen molar-refractivity contribution in [3.63, 3.8) is 0 Å². The average Bonchev–Trinajstić information content (AvgIpc) is 2.54. The number of hydrogen-bond acceptors (Lipinski definition) is 5. The Hall–Kier alpha value is -1.59. The van der Waals surface area contributed by atoms with Gasteiger partial charge in [-0.15, -0.1) is 0 Å². The lowest BCUT2D eigenvalue weighted by molar-refractivity contribution is -0.143. The fourth-order valence-corrected chi connectivity index (χ4v) is 3.56. The lowest BCUT2D eigenvalue weighted by atomic mass is 9.82. The van der Waals surface area contributed by atoms with Crippen LogP contribution in [0.25, 0.3) is 0 Å². The van der Waals surface area contributed by atoms with E-state index in [1.165, 1.54) is 0 Å². The van der Waals surface area contributed by atoms with E-state index in [0.717, 1.165) is 6.42 Å². The van der Waals surface area contributed by atoms with E-state index in [9.17, 15) is 19.5 Å². The number of Topliss-reactive ketones (excluding diaryl/α,β-unsaturated/α-hetero) is 3. The summed E-state index contributed by atoms with van der Waals surface area (Å²) in [4.78, 5) is 38.8. The van der Waals surface area contributed by atoms with Crippen LogP contribution in [0.3, 0.4) is 0 Å². The molecule has 0 radical (unpaired) electrons. The van der Waals surface area contributed by atoms with Gasteiger partial charge in [-0.1, -0.05) is 6.92 Å². The average molecular weight is 333 g/mol. The van der Waals surface area contributed by atoms with Crippen molar-refractivity contribution in [2.75, 3.05) is 13.1 Å². The standard InChI is InChI=1S/C19H27NO4/c1-6-14(20-8-7-16(21)19(5,24)10-20)9-15-13(4)17(22)11(2)12(3)18(15)23/h14,24H,6-10H2,1-5H3. The maximum absolute atomic E-state index is 12.6. The number of β-amino-alcohol motifs (C(OH)–C–C–N with tert-alkyl or cyclic N) is 1. The Morgan fingerprint density at radius 1 is 1.08 bits per heavy atom. The highest BCUT2D eigenvalue weighted by atomic mass is 16.3. The quantitative estimate of drug-likeness (QED) is 0.796. The minimum Gasteiger partial charge on any atom is -0.381 e. The smallest absolute Gasteiger partial charge is 0.185 e. The molecule has 0 aromatic carbocycles. The molecule has 5 heteroatoms.